The van der Waals surface area contributed by atoms with E-state index >= 15 is 0 Å². The quantitative estimate of drug-likeness (QED) is 0.620. The SMILES string of the molecule is [CH2]CCCCCOC(=O)NCCC. The van der Waals surface area contributed by atoms with Crippen molar-refractivity contribution in [1.29, 1.82) is 0 Å². The average Bonchev–Trinajstić information content (AvgIpc) is 2.14. The number of unbranched alkanes of at least 4 members (excludes halogenated alkanes) is 3. The summed E-state index contributed by atoms with van der Waals surface area (Å²) in [5.74, 6) is 0. The maximum atomic E-state index is 10.9. The van der Waals surface area contributed by atoms with Crippen LogP contribution in [0.1, 0.15) is 39.0 Å². The third-order valence-electron chi connectivity index (χ3n) is 1.65. The highest BCUT2D eigenvalue weighted by atomic mass is 16.5. The second kappa shape index (κ2) is 9.36. The van der Waals surface area contributed by atoms with Crippen LogP contribution in [0.15, 0.2) is 0 Å². The Balaban J connectivity index is 3.08. The Morgan fingerprint density at radius 3 is 2.77 bits per heavy atom. The molecular weight excluding hydrogens is 166 g/mol. The Morgan fingerprint density at radius 1 is 1.38 bits per heavy atom. The summed E-state index contributed by atoms with van der Waals surface area (Å²) in [6.07, 6.45) is 4.74. The highest BCUT2D eigenvalue weighted by molar-refractivity contribution is 5.66. The molecule has 0 aliphatic rings. The van der Waals surface area contributed by atoms with Crippen molar-refractivity contribution < 1.29 is 9.53 Å². The van der Waals surface area contributed by atoms with Gasteiger partial charge < -0.3 is 10.1 Å². The van der Waals surface area contributed by atoms with Gasteiger partial charge in [-0.15, -0.1) is 0 Å². The number of amides is 1. The van der Waals surface area contributed by atoms with E-state index in [0.29, 0.717) is 13.2 Å². The van der Waals surface area contributed by atoms with Gasteiger partial charge in [0, 0.05) is 6.54 Å². The van der Waals surface area contributed by atoms with Crippen LogP contribution in [0, 0.1) is 6.92 Å². The molecule has 1 N–H and O–H groups in total. The van der Waals surface area contributed by atoms with Crippen molar-refractivity contribution in [1.82, 2.24) is 5.32 Å². The molecule has 0 rings (SSSR count). The van der Waals surface area contributed by atoms with Crippen molar-refractivity contribution in [2.45, 2.75) is 39.0 Å². The fourth-order valence-electron chi connectivity index (χ4n) is 0.899. The molecule has 0 atom stereocenters. The molecule has 0 saturated carbocycles. The second-order valence-corrected chi connectivity index (χ2v) is 2.98. The van der Waals surface area contributed by atoms with Gasteiger partial charge >= 0.3 is 6.09 Å². The van der Waals surface area contributed by atoms with E-state index in [0.717, 1.165) is 32.1 Å². The minimum absolute atomic E-state index is 0.295. The first-order valence-electron chi connectivity index (χ1n) is 5.01. The van der Waals surface area contributed by atoms with E-state index in [4.69, 9.17) is 4.74 Å². The molecule has 0 fully saturated rings. The van der Waals surface area contributed by atoms with Gasteiger partial charge in [-0.25, -0.2) is 4.79 Å². The van der Waals surface area contributed by atoms with Gasteiger partial charge in [-0.3, -0.25) is 0 Å². The minimum atomic E-state index is -0.295. The fraction of sp³-hybridized carbons (Fsp3) is 0.800. The summed E-state index contributed by atoms with van der Waals surface area (Å²) in [7, 11) is 0. The molecule has 0 aromatic carbocycles. The smallest absolute Gasteiger partial charge is 0.407 e. The van der Waals surface area contributed by atoms with Crippen LogP contribution in [0.5, 0.6) is 0 Å². The monoisotopic (exact) mass is 186 g/mol. The molecule has 0 aromatic rings. The third kappa shape index (κ3) is 9.18. The van der Waals surface area contributed by atoms with E-state index in [-0.39, 0.29) is 6.09 Å². The highest BCUT2D eigenvalue weighted by Crippen LogP contribution is 1.98. The number of rotatable bonds is 7. The van der Waals surface area contributed by atoms with Gasteiger partial charge in [0.1, 0.15) is 0 Å². The molecule has 0 aliphatic carbocycles. The van der Waals surface area contributed by atoms with Crippen LogP contribution >= 0.6 is 0 Å². The molecule has 77 valence electrons. The van der Waals surface area contributed by atoms with Crippen LogP contribution in [0.4, 0.5) is 4.79 Å². The van der Waals surface area contributed by atoms with Crippen LogP contribution < -0.4 is 5.32 Å². The predicted molar refractivity (Wildman–Crippen MR) is 53.5 cm³/mol. The summed E-state index contributed by atoms with van der Waals surface area (Å²) in [4.78, 5) is 10.9. The first-order valence-corrected chi connectivity index (χ1v) is 5.01. The molecule has 1 amide bonds. The van der Waals surface area contributed by atoms with Gasteiger partial charge in [-0.1, -0.05) is 33.1 Å². The van der Waals surface area contributed by atoms with Crippen molar-refractivity contribution in [3.8, 4) is 0 Å². The standard InChI is InChI=1S/C10H20NO2/c1-3-5-6-7-9-13-10(12)11-8-4-2/h1,3-9H2,2H3,(H,11,12). The molecule has 0 aromatic heterocycles. The van der Waals surface area contributed by atoms with E-state index in [1.807, 2.05) is 6.92 Å². The predicted octanol–water partition coefficient (Wildman–Crippen LogP) is 2.52. The molecule has 0 unspecified atom stereocenters. The summed E-state index contributed by atoms with van der Waals surface area (Å²) >= 11 is 0. The molecule has 3 nitrogen and oxygen atoms in total. The number of carbonyl (C=O) groups excluding carboxylic acids is 1. The van der Waals surface area contributed by atoms with Crippen molar-refractivity contribution in [3.63, 3.8) is 0 Å². The van der Waals surface area contributed by atoms with Crippen LogP contribution in [-0.4, -0.2) is 19.2 Å². The van der Waals surface area contributed by atoms with Gasteiger partial charge in [0.15, 0.2) is 0 Å². The molecule has 0 saturated heterocycles. The lowest BCUT2D eigenvalue weighted by atomic mass is 10.2. The van der Waals surface area contributed by atoms with Gasteiger partial charge in [0.25, 0.3) is 0 Å². The molecule has 0 bridgehead atoms. The topological polar surface area (TPSA) is 38.3 Å². The van der Waals surface area contributed by atoms with Gasteiger partial charge in [0.2, 0.25) is 0 Å². The summed E-state index contributed by atoms with van der Waals surface area (Å²) in [6, 6.07) is 0. The minimum Gasteiger partial charge on any atom is -0.450 e. The zero-order valence-electron chi connectivity index (χ0n) is 8.47. The molecular formula is C10H20NO2. The molecule has 0 heterocycles. The Kier molecular flexibility index (Phi) is 8.83. The first kappa shape index (κ1) is 12.3. The number of hydrogen-bond donors (Lipinski definition) is 1. The summed E-state index contributed by atoms with van der Waals surface area (Å²) < 4.78 is 4.92. The molecule has 1 radical (unpaired) electrons. The maximum Gasteiger partial charge on any atom is 0.407 e. The fourth-order valence-corrected chi connectivity index (χ4v) is 0.899. The molecule has 0 aliphatic heterocycles. The number of ether oxygens (including phenoxy) is 1. The van der Waals surface area contributed by atoms with E-state index in [2.05, 4.69) is 12.2 Å². The number of nitrogens with one attached hydrogen (secondary N) is 1. The van der Waals surface area contributed by atoms with E-state index in [1.165, 1.54) is 0 Å². The third-order valence-corrected chi connectivity index (χ3v) is 1.65. The lowest BCUT2D eigenvalue weighted by molar-refractivity contribution is 0.144. The lowest BCUT2D eigenvalue weighted by Gasteiger charge is -2.05. The zero-order chi connectivity index (χ0) is 9.94. The highest BCUT2D eigenvalue weighted by Gasteiger charge is 1.98. The maximum absolute atomic E-state index is 10.9. The average molecular weight is 186 g/mol. The summed E-state index contributed by atoms with van der Waals surface area (Å²) in [6.45, 7) is 6.96. The van der Waals surface area contributed by atoms with Crippen LogP contribution in [0.25, 0.3) is 0 Å². The Bertz CT molecular complexity index is 126. The van der Waals surface area contributed by atoms with Gasteiger partial charge in [-0.2, -0.15) is 0 Å². The summed E-state index contributed by atoms with van der Waals surface area (Å²) in [5.41, 5.74) is 0. The molecule has 3 heteroatoms. The van der Waals surface area contributed by atoms with Crippen molar-refractivity contribution >= 4 is 6.09 Å². The normalized spacial score (nSPS) is 9.69. The van der Waals surface area contributed by atoms with E-state index in [1.54, 1.807) is 0 Å². The lowest BCUT2D eigenvalue weighted by Crippen LogP contribution is -2.25. The van der Waals surface area contributed by atoms with Gasteiger partial charge in [0.05, 0.1) is 6.61 Å². The van der Waals surface area contributed by atoms with Crippen LogP contribution in [-0.2, 0) is 4.74 Å². The Morgan fingerprint density at radius 2 is 2.15 bits per heavy atom. The largest absolute Gasteiger partial charge is 0.450 e. The molecule has 0 spiro atoms. The van der Waals surface area contributed by atoms with Crippen molar-refractivity contribution in [3.05, 3.63) is 6.92 Å². The Hall–Kier alpha value is -0.730. The summed E-state index contributed by atoms with van der Waals surface area (Å²) in [5, 5.41) is 2.65. The van der Waals surface area contributed by atoms with E-state index < -0.39 is 0 Å². The first-order chi connectivity index (χ1) is 6.31. The van der Waals surface area contributed by atoms with Crippen LogP contribution in [0.3, 0.4) is 0 Å². The zero-order valence-corrected chi connectivity index (χ0v) is 8.47. The second-order valence-electron chi connectivity index (χ2n) is 2.98. The van der Waals surface area contributed by atoms with Crippen molar-refractivity contribution in [2.75, 3.05) is 13.2 Å². The van der Waals surface area contributed by atoms with Crippen molar-refractivity contribution in [2.24, 2.45) is 0 Å². The number of alkyl carbamates (subject to hydrolysis) is 1. The van der Waals surface area contributed by atoms with Gasteiger partial charge in [-0.05, 0) is 12.8 Å². The molecule has 13 heavy (non-hydrogen) atoms. The number of carbonyl (C=O) groups is 1. The Labute approximate surface area is 80.8 Å². The number of hydrogen-bond acceptors (Lipinski definition) is 2. The van der Waals surface area contributed by atoms with Crippen LogP contribution in [0.2, 0.25) is 0 Å². The van der Waals surface area contributed by atoms with E-state index in [9.17, 15) is 4.79 Å².